The molecule has 0 saturated carbocycles. The molecule has 1 aliphatic rings. The Kier molecular flexibility index (Phi) is 7.85. The molecule has 0 amide bonds. The minimum atomic E-state index is -0.722. The van der Waals surface area contributed by atoms with Crippen molar-refractivity contribution in [2.45, 2.75) is 38.1 Å². The van der Waals surface area contributed by atoms with Gasteiger partial charge in [-0.05, 0) is 79.7 Å². The van der Waals surface area contributed by atoms with E-state index in [1.807, 2.05) is 18.2 Å². The Labute approximate surface area is 198 Å². The topological polar surface area (TPSA) is 49.8 Å². The molecule has 0 radical (unpaired) electrons. The smallest absolute Gasteiger partial charge is 0.303 e. The molecule has 168 valence electrons. The van der Waals surface area contributed by atoms with E-state index >= 15 is 0 Å². The highest BCUT2D eigenvalue weighted by atomic mass is 35.5. The molecule has 4 rings (SSSR count). The van der Waals surface area contributed by atoms with Crippen LogP contribution in [0.3, 0.4) is 0 Å². The average Bonchev–Trinajstić information content (AvgIpc) is 3.42. The molecule has 32 heavy (non-hydrogen) atoms. The molecule has 3 aromatic rings. The number of benzene rings is 2. The lowest BCUT2D eigenvalue weighted by atomic mass is 10.0. The van der Waals surface area contributed by atoms with E-state index in [0.29, 0.717) is 19.1 Å². The molecule has 0 spiro atoms. The van der Waals surface area contributed by atoms with Crippen molar-refractivity contribution < 1.29 is 14.6 Å². The van der Waals surface area contributed by atoms with E-state index in [4.69, 9.17) is 21.4 Å². The summed E-state index contributed by atoms with van der Waals surface area (Å²) in [5.74, 6) is 0.163. The van der Waals surface area contributed by atoms with E-state index in [0.717, 1.165) is 42.4 Å². The number of ether oxygens (including phenoxy) is 1. The number of rotatable bonds is 10. The Bertz CT molecular complexity index is 1020. The van der Waals surface area contributed by atoms with Gasteiger partial charge >= 0.3 is 5.97 Å². The maximum absolute atomic E-state index is 10.7. The van der Waals surface area contributed by atoms with Gasteiger partial charge in [-0.3, -0.25) is 9.69 Å². The van der Waals surface area contributed by atoms with Crippen molar-refractivity contribution in [3.8, 4) is 16.2 Å². The molecule has 1 fully saturated rings. The fourth-order valence-corrected chi connectivity index (χ4v) is 5.25. The third-order valence-corrected chi connectivity index (χ3v) is 7.20. The van der Waals surface area contributed by atoms with Crippen molar-refractivity contribution in [2.75, 3.05) is 19.7 Å². The molecule has 0 aliphatic carbocycles. The summed E-state index contributed by atoms with van der Waals surface area (Å²) in [5.41, 5.74) is 3.71. The minimum Gasteiger partial charge on any atom is -0.492 e. The van der Waals surface area contributed by atoms with Gasteiger partial charge in [0.25, 0.3) is 0 Å². The first-order valence-electron chi connectivity index (χ1n) is 11.1. The fraction of sp³-hybridized carbons (Fsp3) is 0.346. The zero-order chi connectivity index (χ0) is 22.3. The van der Waals surface area contributed by atoms with Crippen LogP contribution in [-0.2, 0) is 11.2 Å². The van der Waals surface area contributed by atoms with Crippen LogP contribution >= 0.6 is 22.9 Å². The maximum atomic E-state index is 10.7. The Morgan fingerprint density at radius 3 is 2.44 bits per heavy atom. The number of likely N-dealkylation sites (tertiary alicyclic amines) is 1. The second-order valence-electron chi connectivity index (χ2n) is 8.26. The van der Waals surface area contributed by atoms with Crippen molar-refractivity contribution in [2.24, 2.45) is 0 Å². The monoisotopic (exact) mass is 469 g/mol. The largest absolute Gasteiger partial charge is 0.492 e. The molecule has 1 N–H and O–H groups in total. The first kappa shape index (κ1) is 22.8. The predicted octanol–water partition coefficient (Wildman–Crippen LogP) is 6.37. The normalized spacial score (nSPS) is 16.3. The zero-order valence-corrected chi connectivity index (χ0v) is 19.6. The van der Waals surface area contributed by atoms with Crippen molar-refractivity contribution >= 4 is 28.9 Å². The zero-order valence-electron chi connectivity index (χ0n) is 18.0. The van der Waals surface area contributed by atoms with Gasteiger partial charge in [0.2, 0.25) is 0 Å². The van der Waals surface area contributed by atoms with Crippen LogP contribution in [0, 0.1) is 0 Å². The van der Waals surface area contributed by atoms with Gasteiger partial charge in [-0.2, -0.15) is 0 Å². The summed E-state index contributed by atoms with van der Waals surface area (Å²) in [7, 11) is 0. The summed E-state index contributed by atoms with van der Waals surface area (Å²) in [6, 6.07) is 21.4. The van der Waals surface area contributed by atoms with Gasteiger partial charge in [-0.25, -0.2) is 0 Å². The Morgan fingerprint density at radius 1 is 1.06 bits per heavy atom. The van der Waals surface area contributed by atoms with Crippen molar-refractivity contribution in [1.29, 1.82) is 0 Å². The van der Waals surface area contributed by atoms with Gasteiger partial charge in [-0.1, -0.05) is 48.0 Å². The third kappa shape index (κ3) is 6.35. The van der Waals surface area contributed by atoms with E-state index in [1.54, 1.807) is 11.3 Å². The molecule has 0 unspecified atom stereocenters. The molecular formula is C26H28ClNO3S. The molecular weight excluding hydrogens is 442 g/mol. The Balaban J connectivity index is 1.26. The molecule has 0 bridgehead atoms. The second kappa shape index (κ2) is 11.0. The lowest BCUT2D eigenvalue weighted by molar-refractivity contribution is -0.137. The number of hydrogen-bond acceptors (Lipinski definition) is 4. The third-order valence-electron chi connectivity index (χ3n) is 5.92. The van der Waals surface area contributed by atoms with Crippen LogP contribution < -0.4 is 4.74 Å². The standard InChI is InChI=1S/C26H28ClNO3S/c27-25-14-13-24(32-25)21-9-5-19(6-10-21)17-20-7-11-23(12-8-20)31-18-22-3-1-15-28(22)16-2-4-26(29)30/h5-14,22H,1-4,15-18H2,(H,29,30)/t22-/m1/s1. The summed E-state index contributed by atoms with van der Waals surface area (Å²) >= 11 is 7.64. The van der Waals surface area contributed by atoms with Crippen molar-refractivity contribution in [1.82, 2.24) is 4.90 Å². The molecule has 2 heterocycles. The van der Waals surface area contributed by atoms with Gasteiger partial charge < -0.3 is 9.84 Å². The van der Waals surface area contributed by atoms with Crippen LogP contribution in [0.15, 0.2) is 60.7 Å². The Morgan fingerprint density at radius 2 is 1.78 bits per heavy atom. The average molecular weight is 470 g/mol. The molecule has 1 atom stereocenters. The van der Waals surface area contributed by atoms with Crippen LogP contribution in [0.4, 0.5) is 0 Å². The molecule has 1 aromatic heterocycles. The first-order valence-corrected chi connectivity index (χ1v) is 12.3. The summed E-state index contributed by atoms with van der Waals surface area (Å²) in [5, 5.41) is 8.83. The summed E-state index contributed by atoms with van der Waals surface area (Å²) in [6.07, 6.45) is 4.07. The van der Waals surface area contributed by atoms with Gasteiger partial charge in [0, 0.05) is 17.3 Å². The van der Waals surface area contributed by atoms with Crippen LogP contribution in [0.2, 0.25) is 4.34 Å². The highest BCUT2D eigenvalue weighted by molar-refractivity contribution is 7.19. The lowest BCUT2D eigenvalue weighted by Gasteiger charge is -2.24. The van der Waals surface area contributed by atoms with Crippen LogP contribution in [-0.4, -0.2) is 41.7 Å². The van der Waals surface area contributed by atoms with Gasteiger partial charge in [0.1, 0.15) is 12.4 Å². The van der Waals surface area contributed by atoms with E-state index in [-0.39, 0.29) is 6.42 Å². The quantitative estimate of drug-likeness (QED) is 0.375. The maximum Gasteiger partial charge on any atom is 0.303 e. The number of carboxylic acids is 1. The van der Waals surface area contributed by atoms with E-state index in [2.05, 4.69) is 47.4 Å². The molecule has 4 nitrogen and oxygen atoms in total. The number of thiophene rings is 1. The lowest BCUT2D eigenvalue weighted by Crippen LogP contribution is -2.35. The fourth-order valence-electron chi connectivity index (χ4n) is 4.20. The van der Waals surface area contributed by atoms with Crippen LogP contribution in [0.25, 0.3) is 10.4 Å². The van der Waals surface area contributed by atoms with Gasteiger partial charge in [0.05, 0.1) is 4.34 Å². The SMILES string of the molecule is O=C(O)CCCN1CCC[C@@H]1COc1ccc(Cc2ccc(-c3ccc(Cl)s3)cc2)cc1. The molecule has 2 aromatic carbocycles. The number of carboxylic acid groups (broad SMARTS) is 1. The number of nitrogens with zero attached hydrogens (tertiary/aromatic N) is 1. The van der Waals surface area contributed by atoms with Gasteiger partial charge in [-0.15, -0.1) is 11.3 Å². The second-order valence-corrected chi connectivity index (χ2v) is 9.98. The molecule has 1 saturated heterocycles. The van der Waals surface area contributed by atoms with Crippen molar-refractivity contribution in [3.05, 3.63) is 76.1 Å². The Hall–Kier alpha value is -2.34. The summed E-state index contributed by atoms with van der Waals surface area (Å²) in [6.45, 7) is 2.52. The van der Waals surface area contributed by atoms with Crippen LogP contribution in [0.5, 0.6) is 5.75 Å². The summed E-state index contributed by atoms with van der Waals surface area (Å²) in [4.78, 5) is 14.3. The van der Waals surface area contributed by atoms with E-state index in [9.17, 15) is 4.79 Å². The minimum absolute atomic E-state index is 0.233. The number of aliphatic carboxylic acids is 1. The first-order chi connectivity index (χ1) is 15.6. The van der Waals surface area contributed by atoms with Gasteiger partial charge in [0.15, 0.2) is 0 Å². The predicted molar refractivity (Wildman–Crippen MR) is 131 cm³/mol. The number of carbonyl (C=O) groups is 1. The van der Waals surface area contributed by atoms with Crippen molar-refractivity contribution in [3.63, 3.8) is 0 Å². The van der Waals surface area contributed by atoms with E-state index in [1.165, 1.54) is 21.6 Å². The number of hydrogen-bond donors (Lipinski definition) is 1. The highest BCUT2D eigenvalue weighted by Gasteiger charge is 2.24. The van der Waals surface area contributed by atoms with Crippen LogP contribution in [0.1, 0.15) is 36.8 Å². The summed E-state index contributed by atoms with van der Waals surface area (Å²) < 4.78 is 6.86. The number of halogens is 1. The van der Waals surface area contributed by atoms with E-state index < -0.39 is 5.97 Å². The molecule has 6 heteroatoms. The molecule has 1 aliphatic heterocycles. The highest BCUT2D eigenvalue weighted by Crippen LogP contribution is 2.31.